The third-order valence-electron chi connectivity index (χ3n) is 5.14. The van der Waals surface area contributed by atoms with Gasteiger partial charge in [0.2, 0.25) is 0 Å². The second kappa shape index (κ2) is 8.25. The minimum Gasteiger partial charge on any atom is -0.386 e. The average Bonchev–Trinajstić information content (AvgIpc) is 3.15. The first-order chi connectivity index (χ1) is 15.5. The molecule has 0 unspecified atom stereocenters. The van der Waals surface area contributed by atoms with Crippen molar-refractivity contribution in [3.63, 3.8) is 0 Å². The summed E-state index contributed by atoms with van der Waals surface area (Å²) in [6.07, 6.45) is -2.85. The van der Waals surface area contributed by atoms with Gasteiger partial charge in [-0.3, -0.25) is 0 Å². The molecule has 0 radical (unpaired) electrons. The summed E-state index contributed by atoms with van der Waals surface area (Å²) in [4.78, 5) is 19.9. The van der Waals surface area contributed by atoms with E-state index in [9.17, 15) is 23.1 Å². The van der Waals surface area contributed by atoms with Gasteiger partial charge in [0.05, 0.1) is 22.5 Å². The summed E-state index contributed by atoms with van der Waals surface area (Å²) < 4.78 is 38.0. The number of aromatic nitrogens is 2. The maximum absolute atomic E-state index is 12.7. The highest BCUT2D eigenvalue weighted by Crippen LogP contribution is 2.30. The molecule has 0 bridgehead atoms. The first-order valence-electron chi connectivity index (χ1n) is 10.1. The van der Waals surface area contributed by atoms with Crippen molar-refractivity contribution >= 4 is 28.4 Å². The number of hydrogen-bond acceptors (Lipinski definition) is 3. The fraction of sp³-hybridized carbons (Fsp3) is 0.167. The number of rotatable bonds is 4. The highest BCUT2D eigenvalue weighted by molar-refractivity contribution is 6.05. The highest BCUT2D eigenvalue weighted by Gasteiger charge is 2.30. The van der Waals surface area contributed by atoms with E-state index in [4.69, 9.17) is 0 Å². The minimum atomic E-state index is -4.44. The molecule has 4 aromatic rings. The van der Waals surface area contributed by atoms with Gasteiger partial charge in [-0.25, -0.2) is 9.78 Å². The molecule has 2 aromatic carbocycles. The van der Waals surface area contributed by atoms with E-state index in [1.165, 1.54) is 12.1 Å². The van der Waals surface area contributed by atoms with Gasteiger partial charge in [0.1, 0.15) is 5.65 Å². The van der Waals surface area contributed by atoms with Crippen molar-refractivity contribution in [2.24, 2.45) is 0 Å². The summed E-state index contributed by atoms with van der Waals surface area (Å²) in [5.74, 6) is 0. The number of amides is 2. The van der Waals surface area contributed by atoms with Gasteiger partial charge in [-0.05, 0) is 55.8 Å². The topological polar surface area (TPSA) is 90.0 Å². The molecule has 2 heterocycles. The average molecular weight is 454 g/mol. The lowest BCUT2D eigenvalue weighted by Gasteiger charge is -2.17. The number of anilines is 2. The van der Waals surface area contributed by atoms with Gasteiger partial charge in [0, 0.05) is 22.8 Å². The number of urea groups is 1. The lowest BCUT2D eigenvalue weighted by Crippen LogP contribution is -2.19. The van der Waals surface area contributed by atoms with Crippen LogP contribution in [0.15, 0.2) is 66.9 Å². The molecule has 0 aliphatic heterocycles. The van der Waals surface area contributed by atoms with E-state index in [1.54, 1.807) is 20.0 Å². The highest BCUT2D eigenvalue weighted by atomic mass is 19.4. The van der Waals surface area contributed by atoms with Crippen LogP contribution in [-0.2, 0) is 11.8 Å². The second-order valence-electron chi connectivity index (χ2n) is 8.09. The van der Waals surface area contributed by atoms with Crippen molar-refractivity contribution in [2.45, 2.75) is 25.6 Å². The largest absolute Gasteiger partial charge is 0.416 e. The second-order valence-corrected chi connectivity index (χ2v) is 8.09. The van der Waals surface area contributed by atoms with Gasteiger partial charge in [0.25, 0.3) is 0 Å². The van der Waals surface area contributed by atoms with E-state index >= 15 is 0 Å². The van der Waals surface area contributed by atoms with E-state index in [2.05, 4.69) is 20.6 Å². The number of halogens is 3. The summed E-state index contributed by atoms with van der Waals surface area (Å²) in [7, 11) is 0. The molecule has 0 fully saturated rings. The van der Waals surface area contributed by atoms with Crippen LogP contribution in [0.4, 0.5) is 29.3 Å². The van der Waals surface area contributed by atoms with Crippen molar-refractivity contribution in [1.82, 2.24) is 9.97 Å². The van der Waals surface area contributed by atoms with Gasteiger partial charge < -0.3 is 20.7 Å². The van der Waals surface area contributed by atoms with Crippen LogP contribution in [0, 0.1) is 0 Å². The van der Waals surface area contributed by atoms with Crippen molar-refractivity contribution in [2.75, 3.05) is 10.6 Å². The smallest absolute Gasteiger partial charge is 0.386 e. The maximum atomic E-state index is 12.7. The predicted octanol–water partition coefficient (Wildman–Crippen LogP) is 6.12. The van der Waals surface area contributed by atoms with E-state index < -0.39 is 23.4 Å². The van der Waals surface area contributed by atoms with Gasteiger partial charge in [-0.1, -0.05) is 24.3 Å². The molecular formula is C24H21F3N4O2. The Balaban J connectivity index is 1.48. The lowest BCUT2D eigenvalue weighted by atomic mass is 9.96. The zero-order valence-corrected chi connectivity index (χ0v) is 17.8. The van der Waals surface area contributed by atoms with Crippen LogP contribution in [0.3, 0.4) is 0 Å². The zero-order valence-electron chi connectivity index (χ0n) is 17.8. The fourth-order valence-electron chi connectivity index (χ4n) is 3.35. The third-order valence-corrected chi connectivity index (χ3v) is 5.14. The fourth-order valence-corrected chi connectivity index (χ4v) is 3.35. The molecular weight excluding hydrogens is 433 g/mol. The van der Waals surface area contributed by atoms with Crippen molar-refractivity contribution in [3.8, 4) is 11.3 Å². The Morgan fingerprint density at radius 2 is 1.55 bits per heavy atom. The number of hydrogen-bond donors (Lipinski definition) is 4. The number of nitrogens with one attached hydrogen (secondary N) is 3. The van der Waals surface area contributed by atoms with Crippen LogP contribution >= 0.6 is 0 Å². The number of aromatic amines is 1. The first kappa shape index (κ1) is 22.3. The quantitative estimate of drug-likeness (QED) is 0.299. The molecule has 0 spiro atoms. The molecule has 0 aliphatic rings. The number of nitrogens with zero attached hydrogens (tertiary/aromatic N) is 1. The summed E-state index contributed by atoms with van der Waals surface area (Å²) in [6, 6.07) is 14.7. The van der Waals surface area contributed by atoms with Gasteiger partial charge >= 0.3 is 12.2 Å². The standard InChI is InChI=1S/C24H21F3N4O2/c1-23(2,33)15-5-3-14(4-6-15)19-12-11-18-20(13-28-21(18)30-19)31-22(32)29-17-9-7-16(8-10-17)24(25,26)27/h3-13,33H,1-2H3,(H,28,30)(H2,29,31,32). The molecule has 0 saturated heterocycles. The molecule has 6 nitrogen and oxygen atoms in total. The Morgan fingerprint density at radius 3 is 2.15 bits per heavy atom. The molecule has 9 heteroatoms. The summed E-state index contributed by atoms with van der Waals surface area (Å²) >= 11 is 0. The first-order valence-corrected chi connectivity index (χ1v) is 10.1. The third kappa shape index (κ3) is 4.98. The van der Waals surface area contributed by atoms with Gasteiger partial charge in [0.15, 0.2) is 0 Å². The number of fused-ring (bicyclic) bond motifs is 1. The Hall–Kier alpha value is -3.85. The summed E-state index contributed by atoms with van der Waals surface area (Å²) in [5.41, 5.74) is 1.92. The molecule has 33 heavy (non-hydrogen) atoms. The zero-order chi connectivity index (χ0) is 23.8. The van der Waals surface area contributed by atoms with Gasteiger partial charge in [-0.2, -0.15) is 13.2 Å². The van der Waals surface area contributed by atoms with E-state index in [-0.39, 0.29) is 5.69 Å². The van der Waals surface area contributed by atoms with Crippen LogP contribution in [0.25, 0.3) is 22.3 Å². The molecule has 2 aromatic heterocycles. The van der Waals surface area contributed by atoms with Crippen LogP contribution < -0.4 is 10.6 Å². The number of benzene rings is 2. The predicted molar refractivity (Wildman–Crippen MR) is 121 cm³/mol. The SMILES string of the molecule is CC(C)(O)c1ccc(-c2ccc3c(NC(=O)Nc4ccc(C(F)(F)F)cc4)c[nH]c3n2)cc1. The Labute approximate surface area is 187 Å². The molecule has 4 N–H and O–H groups in total. The molecule has 0 aliphatic carbocycles. The number of H-pyrrole nitrogens is 1. The molecule has 4 rings (SSSR count). The molecule has 0 saturated carbocycles. The van der Waals surface area contributed by atoms with E-state index in [0.717, 1.165) is 23.3 Å². The van der Waals surface area contributed by atoms with Crippen molar-refractivity contribution in [3.05, 3.63) is 78.0 Å². The molecule has 170 valence electrons. The molecule has 0 atom stereocenters. The number of carbonyl (C=O) groups is 1. The Kier molecular flexibility index (Phi) is 5.59. The van der Waals surface area contributed by atoms with Gasteiger partial charge in [-0.15, -0.1) is 0 Å². The van der Waals surface area contributed by atoms with Crippen LogP contribution in [0.5, 0.6) is 0 Å². The Morgan fingerprint density at radius 1 is 0.909 bits per heavy atom. The van der Waals surface area contributed by atoms with Crippen LogP contribution in [-0.4, -0.2) is 21.1 Å². The normalized spacial score (nSPS) is 12.1. The van der Waals surface area contributed by atoms with E-state index in [0.29, 0.717) is 22.4 Å². The lowest BCUT2D eigenvalue weighted by molar-refractivity contribution is -0.137. The summed E-state index contributed by atoms with van der Waals surface area (Å²) in [6.45, 7) is 3.43. The van der Waals surface area contributed by atoms with E-state index in [1.807, 2.05) is 36.4 Å². The van der Waals surface area contributed by atoms with Crippen molar-refractivity contribution < 1.29 is 23.1 Å². The van der Waals surface area contributed by atoms with Crippen LogP contribution in [0.2, 0.25) is 0 Å². The number of pyridine rings is 1. The number of aliphatic hydroxyl groups is 1. The van der Waals surface area contributed by atoms with Crippen LogP contribution in [0.1, 0.15) is 25.0 Å². The monoisotopic (exact) mass is 454 g/mol. The summed E-state index contributed by atoms with van der Waals surface area (Å²) in [5, 5.41) is 16.0. The minimum absolute atomic E-state index is 0.232. The number of carbonyl (C=O) groups excluding carboxylic acids is 1. The maximum Gasteiger partial charge on any atom is 0.416 e. The van der Waals surface area contributed by atoms with Crippen molar-refractivity contribution in [1.29, 1.82) is 0 Å². The molecule has 2 amide bonds. The number of alkyl halides is 3. The Bertz CT molecular complexity index is 1290.